The Hall–Kier alpha value is -3.01. The van der Waals surface area contributed by atoms with Crippen molar-refractivity contribution in [1.29, 1.82) is 0 Å². The van der Waals surface area contributed by atoms with Gasteiger partial charge < -0.3 is 14.9 Å². The second-order valence-corrected chi connectivity index (χ2v) is 9.93. The van der Waals surface area contributed by atoms with Gasteiger partial charge >= 0.3 is 5.97 Å². The average Bonchev–Trinajstić information content (AvgIpc) is 3.38. The van der Waals surface area contributed by atoms with Crippen LogP contribution in [0.15, 0.2) is 57.8 Å². The Bertz CT molecular complexity index is 1230. The van der Waals surface area contributed by atoms with Gasteiger partial charge in [0.1, 0.15) is 12.3 Å². The fraction of sp³-hybridized carbons (Fsp3) is 0.370. The summed E-state index contributed by atoms with van der Waals surface area (Å²) >= 11 is 3.54. The van der Waals surface area contributed by atoms with E-state index in [1.54, 1.807) is 0 Å². The Morgan fingerprint density at radius 3 is 2.67 bits per heavy atom. The predicted octanol–water partition coefficient (Wildman–Crippen LogP) is 3.31. The summed E-state index contributed by atoms with van der Waals surface area (Å²) in [5, 5.41) is 7.93. The molecule has 0 amide bonds. The number of anilines is 1. The van der Waals surface area contributed by atoms with E-state index in [0.717, 1.165) is 59.6 Å². The molecule has 0 unspecified atom stereocenters. The zero-order chi connectivity index (χ0) is 25.1. The molecular weight excluding hydrogens is 524 g/mol. The van der Waals surface area contributed by atoms with Crippen molar-refractivity contribution in [2.24, 2.45) is 5.16 Å². The number of hydrogen-bond acceptors (Lipinski definition) is 8. The molecule has 1 saturated heterocycles. The number of ketones is 1. The number of oxime groups is 1. The van der Waals surface area contributed by atoms with Crippen molar-refractivity contribution >= 4 is 44.7 Å². The third-order valence-electron chi connectivity index (χ3n) is 6.68. The standard InChI is InChI=1S/C27H29BrN4O4/c1-2-35-24(34)17-32-11-9-31(10-12-32)13-14-36-30-26-20-5-3-4-6-22(20)29-27(26)25-21-16-19(28)8-7-18(21)15-23(25)33/h3-8,16,29H,2,9-15,17H2,1H3/b27-25-,30-26?. The van der Waals surface area contributed by atoms with Gasteiger partial charge in [-0.2, -0.15) is 0 Å². The number of carbonyl (C=O) groups excluding carboxylic acids is 2. The molecule has 0 radical (unpaired) electrons. The topological polar surface area (TPSA) is 83.5 Å². The fourth-order valence-electron chi connectivity index (χ4n) is 4.86. The number of ether oxygens (including phenoxy) is 1. The highest BCUT2D eigenvalue weighted by molar-refractivity contribution is 9.10. The van der Waals surface area contributed by atoms with Crippen molar-refractivity contribution in [2.75, 3.05) is 57.8 Å². The summed E-state index contributed by atoms with van der Waals surface area (Å²) in [4.78, 5) is 35.0. The number of piperazine rings is 1. The summed E-state index contributed by atoms with van der Waals surface area (Å²) < 4.78 is 5.97. The molecule has 36 heavy (non-hydrogen) atoms. The van der Waals surface area contributed by atoms with E-state index in [1.807, 2.05) is 49.4 Å². The van der Waals surface area contributed by atoms with E-state index < -0.39 is 0 Å². The van der Waals surface area contributed by atoms with Gasteiger partial charge in [-0.15, -0.1) is 0 Å². The van der Waals surface area contributed by atoms with Crippen LogP contribution in [-0.4, -0.2) is 79.7 Å². The Labute approximate surface area is 219 Å². The maximum atomic E-state index is 13.0. The number of carbonyl (C=O) groups is 2. The van der Waals surface area contributed by atoms with Gasteiger partial charge in [-0.1, -0.05) is 45.4 Å². The number of Topliss-reactive ketones (excluding diaryl/α,β-unsaturated/α-hetero) is 1. The molecule has 1 N–H and O–H groups in total. The van der Waals surface area contributed by atoms with Crippen LogP contribution in [-0.2, 0) is 25.6 Å². The third kappa shape index (κ3) is 5.23. The number of rotatable bonds is 7. The summed E-state index contributed by atoms with van der Waals surface area (Å²) in [6.07, 6.45) is 0.385. The highest BCUT2D eigenvalue weighted by Crippen LogP contribution is 2.39. The molecule has 0 atom stereocenters. The first-order chi connectivity index (χ1) is 17.5. The Morgan fingerprint density at radius 2 is 1.86 bits per heavy atom. The van der Waals surface area contributed by atoms with Crippen LogP contribution in [0.4, 0.5) is 5.69 Å². The SMILES string of the molecule is CCOC(=O)CN1CCN(CCON=C2/C(=C3/C(=O)Cc4ccc(Br)cc43)Nc3ccccc32)CC1. The van der Waals surface area contributed by atoms with Gasteiger partial charge in [-0.05, 0) is 36.2 Å². The third-order valence-corrected chi connectivity index (χ3v) is 7.17. The van der Waals surface area contributed by atoms with Crippen LogP contribution < -0.4 is 5.32 Å². The van der Waals surface area contributed by atoms with Crippen LogP contribution in [0.2, 0.25) is 0 Å². The lowest BCUT2D eigenvalue weighted by Gasteiger charge is -2.33. The van der Waals surface area contributed by atoms with E-state index in [-0.39, 0.29) is 11.8 Å². The summed E-state index contributed by atoms with van der Waals surface area (Å²) in [7, 11) is 0. The Morgan fingerprint density at radius 1 is 1.08 bits per heavy atom. The molecule has 2 aromatic carbocycles. The Balaban J connectivity index is 1.27. The van der Waals surface area contributed by atoms with Crippen LogP contribution in [0.1, 0.15) is 23.6 Å². The number of esters is 1. The van der Waals surface area contributed by atoms with Crippen molar-refractivity contribution in [1.82, 2.24) is 9.80 Å². The summed E-state index contributed by atoms with van der Waals surface area (Å²) in [5.74, 6) is -0.0944. The average molecular weight is 553 g/mol. The van der Waals surface area contributed by atoms with Crippen LogP contribution >= 0.6 is 15.9 Å². The van der Waals surface area contributed by atoms with Crippen LogP contribution in [0.3, 0.4) is 0 Å². The zero-order valence-electron chi connectivity index (χ0n) is 20.3. The molecule has 5 rings (SSSR count). The first-order valence-corrected chi connectivity index (χ1v) is 13.1. The summed E-state index contributed by atoms with van der Waals surface area (Å²) in [5.41, 5.74) is 5.79. The van der Waals surface area contributed by atoms with Gasteiger partial charge in [0, 0.05) is 54.9 Å². The minimum Gasteiger partial charge on any atom is -0.465 e. The smallest absolute Gasteiger partial charge is 0.320 e. The molecular formula is C27H29BrN4O4. The first-order valence-electron chi connectivity index (χ1n) is 12.3. The molecule has 3 aliphatic rings. The highest BCUT2D eigenvalue weighted by atomic mass is 79.9. The number of nitrogens with zero attached hydrogens (tertiary/aromatic N) is 3. The largest absolute Gasteiger partial charge is 0.465 e. The van der Waals surface area contributed by atoms with Crippen molar-refractivity contribution in [3.8, 4) is 0 Å². The lowest BCUT2D eigenvalue weighted by atomic mass is 10.0. The quantitative estimate of drug-likeness (QED) is 0.244. The number of halogens is 1. The van der Waals surface area contributed by atoms with Gasteiger partial charge in [-0.3, -0.25) is 19.4 Å². The van der Waals surface area contributed by atoms with E-state index >= 15 is 0 Å². The van der Waals surface area contributed by atoms with Crippen molar-refractivity contribution in [3.63, 3.8) is 0 Å². The number of para-hydroxylation sites is 1. The van der Waals surface area contributed by atoms with Crippen molar-refractivity contribution < 1.29 is 19.2 Å². The summed E-state index contributed by atoms with van der Waals surface area (Å²) in [6.45, 7) is 7.10. The van der Waals surface area contributed by atoms with E-state index in [2.05, 4.69) is 36.2 Å². The number of allylic oxidation sites excluding steroid dienone is 2. The number of nitrogens with one attached hydrogen (secondary N) is 1. The number of benzene rings is 2. The molecule has 0 bridgehead atoms. The maximum Gasteiger partial charge on any atom is 0.320 e. The molecule has 1 fully saturated rings. The van der Waals surface area contributed by atoms with Gasteiger partial charge in [-0.25, -0.2) is 0 Å². The second-order valence-electron chi connectivity index (χ2n) is 9.02. The van der Waals surface area contributed by atoms with Crippen LogP contribution in [0, 0.1) is 0 Å². The minimum absolute atomic E-state index is 0.0757. The fourth-order valence-corrected chi connectivity index (χ4v) is 5.23. The number of fused-ring (bicyclic) bond motifs is 2. The monoisotopic (exact) mass is 552 g/mol. The molecule has 188 valence electrons. The molecule has 8 nitrogen and oxygen atoms in total. The molecule has 2 heterocycles. The van der Waals surface area contributed by atoms with Crippen LogP contribution in [0.5, 0.6) is 0 Å². The summed E-state index contributed by atoms with van der Waals surface area (Å²) in [6, 6.07) is 13.8. The molecule has 2 aromatic rings. The van der Waals surface area contributed by atoms with Crippen molar-refractivity contribution in [2.45, 2.75) is 13.3 Å². The molecule has 1 aliphatic carbocycles. The van der Waals surface area contributed by atoms with E-state index in [1.165, 1.54) is 0 Å². The molecule has 0 aromatic heterocycles. The predicted molar refractivity (Wildman–Crippen MR) is 142 cm³/mol. The van der Waals surface area contributed by atoms with Crippen LogP contribution in [0.25, 0.3) is 5.57 Å². The van der Waals surface area contributed by atoms with E-state index in [0.29, 0.717) is 43.2 Å². The van der Waals surface area contributed by atoms with Gasteiger partial charge in [0.15, 0.2) is 5.78 Å². The molecule has 0 saturated carbocycles. The van der Waals surface area contributed by atoms with Gasteiger partial charge in [0.25, 0.3) is 0 Å². The van der Waals surface area contributed by atoms with Gasteiger partial charge in [0.2, 0.25) is 0 Å². The normalized spacial score (nSPS) is 20.8. The lowest BCUT2D eigenvalue weighted by molar-refractivity contribution is -0.144. The second kappa shape index (κ2) is 10.9. The minimum atomic E-state index is -0.170. The molecule has 0 spiro atoms. The highest BCUT2D eigenvalue weighted by Gasteiger charge is 2.34. The Kier molecular flexibility index (Phi) is 7.50. The van der Waals surface area contributed by atoms with Gasteiger partial charge in [0.05, 0.1) is 24.4 Å². The zero-order valence-corrected chi connectivity index (χ0v) is 21.8. The molecule has 2 aliphatic heterocycles. The molecule has 9 heteroatoms. The lowest BCUT2D eigenvalue weighted by Crippen LogP contribution is -2.48. The first kappa shape index (κ1) is 24.7. The van der Waals surface area contributed by atoms with E-state index in [4.69, 9.17) is 9.57 Å². The maximum absolute atomic E-state index is 13.0. The van der Waals surface area contributed by atoms with E-state index in [9.17, 15) is 9.59 Å². The number of hydrogen-bond donors (Lipinski definition) is 1. The van der Waals surface area contributed by atoms with Crippen molar-refractivity contribution in [3.05, 3.63) is 69.3 Å².